The van der Waals surface area contributed by atoms with E-state index in [-0.39, 0.29) is 18.8 Å². The van der Waals surface area contributed by atoms with Gasteiger partial charge in [0.25, 0.3) is 0 Å². The molecular weight excluding hydrogens is 424 g/mol. The highest BCUT2D eigenvalue weighted by molar-refractivity contribution is 5.94. The Labute approximate surface area is 202 Å². The Kier molecular flexibility index (Phi) is 9.74. The molecular formula is C29H32N2O3. The molecule has 34 heavy (non-hydrogen) atoms. The van der Waals surface area contributed by atoms with Crippen molar-refractivity contribution in [2.45, 2.75) is 33.2 Å². The van der Waals surface area contributed by atoms with Crippen LogP contribution in [-0.4, -0.2) is 41.3 Å². The molecule has 0 aliphatic heterocycles. The lowest BCUT2D eigenvalue weighted by molar-refractivity contribution is -0.146. The molecule has 0 amide bonds. The van der Waals surface area contributed by atoms with E-state index in [0.29, 0.717) is 6.54 Å². The largest absolute Gasteiger partial charge is 0.464 e. The first-order valence-corrected chi connectivity index (χ1v) is 11.5. The molecule has 0 spiro atoms. The Hall–Kier alpha value is -3.57. The number of carbonyl (C=O) groups is 2. The van der Waals surface area contributed by atoms with Crippen LogP contribution in [0.1, 0.15) is 42.5 Å². The molecule has 0 fully saturated rings. The molecule has 5 nitrogen and oxygen atoms in total. The molecule has 176 valence electrons. The Balaban J connectivity index is 1.60. The van der Waals surface area contributed by atoms with E-state index < -0.39 is 5.97 Å². The van der Waals surface area contributed by atoms with Gasteiger partial charge in [-0.15, -0.1) is 0 Å². The number of pyridine rings is 1. The summed E-state index contributed by atoms with van der Waals surface area (Å²) in [5.74, 6) is -0.651. The van der Waals surface area contributed by atoms with Crippen molar-refractivity contribution < 1.29 is 14.3 Å². The highest BCUT2D eigenvalue weighted by Gasteiger charge is 2.11. The first-order valence-electron chi connectivity index (χ1n) is 11.5. The molecule has 0 aliphatic rings. The maximum atomic E-state index is 11.7. The minimum absolute atomic E-state index is 0.172. The van der Waals surface area contributed by atoms with Crippen LogP contribution in [0, 0.1) is 0 Å². The van der Waals surface area contributed by atoms with Crippen molar-refractivity contribution in [3.63, 3.8) is 0 Å². The number of ether oxygens (including phenoxy) is 1. The fourth-order valence-corrected chi connectivity index (χ4v) is 3.75. The fraction of sp³-hybridized carbons (Fsp3) is 0.276. The molecule has 0 radical (unpaired) electrons. The predicted molar refractivity (Wildman–Crippen MR) is 135 cm³/mol. The lowest BCUT2D eigenvalue weighted by Gasteiger charge is -2.23. The Morgan fingerprint density at radius 1 is 0.912 bits per heavy atom. The van der Waals surface area contributed by atoms with Gasteiger partial charge in [-0.3, -0.25) is 19.5 Å². The lowest BCUT2D eigenvalue weighted by atomic mass is 10.0. The number of aromatic nitrogens is 1. The number of hydrogen-bond acceptors (Lipinski definition) is 5. The summed E-state index contributed by atoms with van der Waals surface area (Å²) in [6.45, 7) is 5.85. The molecule has 0 atom stereocenters. The standard InChI is InChI=1S/C29H32N2O3/c1-23(17-25-10-12-26(13-11-25)19-28-9-6-14-30-20-28)21-31(22-27-7-4-3-5-8-27)15-16-34-29(33)18-24(2)32/h3-14,17,20H,15-16,18-19,21-22H2,1-2H3/b23-17+. The van der Waals surface area contributed by atoms with Gasteiger partial charge >= 0.3 is 5.97 Å². The van der Waals surface area contributed by atoms with E-state index in [1.165, 1.54) is 29.2 Å². The van der Waals surface area contributed by atoms with E-state index in [1.54, 1.807) is 6.20 Å². The number of carbonyl (C=O) groups excluding carboxylic acids is 2. The third-order valence-corrected chi connectivity index (χ3v) is 5.31. The normalized spacial score (nSPS) is 11.4. The zero-order valence-electron chi connectivity index (χ0n) is 19.9. The Bertz CT molecular complexity index is 1080. The van der Waals surface area contributed by atoms with Crippen molar-refractivity contribution >= 4 is 17.8 Å². The van der Waals surface area contributed by atoms with Gasteiger partial charge in [0.05, 0.1) is 0 Å². The van der Waals surface area contributed by atoms with Crippen molar-refractivity contribution in [1.29, 1.82) is 0 Å². The van der Waals surface area contributed by atoms with Crippen LogP contribution in [0.5, 0.6) is 0 Å². The molecule has 3 rings (SSSR count). The van der Waals surface area contributed by atoms with E-state index in [4.69, 9.17) is 4.74 Å². The van der Waals surface area contributed by atoms with Gasteiger partial charge in [0.2, 0.25) is 0 Å². The third-order valence-electron chi connectivity index (χ3n) is 5.31. The van der Waals surface area contributed by atoms with Gasteiger partial charge in [-0.05, 0) is 48.6 Å². The minimum atomic E-state index is -0.467. The van der Waals surface area contributed by atoms with Crippen LogP contribution in [0.2, 0.25) is 0 Å². The molecule has 0 N–H and O–H groups in total. The van der Waals surface area contributed by atoms with Crippen molar-refractivity contribution in [2.75, 3.05) is 19.7 Å². The Morgan fingerprint density at radius 3 is 2.32 bits per heavy atom. The van der Waals surface area contributed by atoms with Crippen LogP contribution >= 0.6 is 0 Å². The highest BCUT2D eigenvalue weighted by Crippen LogP contribution is 2.14. The van der Waals surface area contributed by atoms with Crippen LogP contribution in [0.4, 0.5) is 0 Å². The summed E-state index contributed by atoms with van der Waals surface area (Å²) in [5.41, 5.74) is 6.01. The van der Waals surface area contributed by atoms with Crippen LogP contribution < -0.4 is 0 Å². The summed E-state index contributed by atoms with van der Waals surface area (Å²) in [7, 11) is 0. The summed E-state index contributed by atoms with van der Waals surface area (Å²) >= 11 is 0. The van der Waals surface area contributed by atoms with E-state index in [1.807, 2.05) is 30.5 Å². The van der Waals surface area contributed by atoms with E-state index >= 15 is 0 Å². The van der Waals surface area contributed by atoms with Crippen molar-refractivity contribution in [3.8, 4) is 0 Å². The average molecular weight is 457 g/mol. The molecule has 0 aliphatic carbocycles. The molecule has 0 saturated heterocycles. The number of hydrogen-bond donors (Lipinski definition) is 0. The monoisotopic (exact) mass is 456 g/mol. The average Bonchev–Trinajstić information content (AvgIpc) is 2.81. The summed E-state index contributed by atoms with van der Waals surface area (Å²) < 4.78 is 5.26. The Morgan fingerprint density at radius 2 is 1.65 bits per heavy atom. The fourth-order valence-electron chi connectivity index (χ4n) is 3.75. The van der Waals surface area contributed by atoms with Gasteiger partial charge in [-0.2, -0.15) is 0 Å². The quantitative estimate of drug-likeness (QED) is 0.280. The van der Waals surface area contributed by atoms with E-state index in [0.717, 1.165) is 25.1 Å². The molecule has 3 aromatic rings. The third kappa shape index (κ3) is 9.12. The zero-order chi connectivity index (χ0) is 24.2. The van der Waals surface area contributed by atoms with Gasteiger partial charge in [-0.25, -0.2) is 0 Å². The first kappa shape index (κ1) is 25.1. The van der Waals surface area contributed by atoms with Gasteiger partial charge in [-0.1, -0.05) is 72.3 Å². The molecule has 0 bridgehead atoms. The maximum absolute atomic E-state index is 11.7. The van der Waals surface area contributed by atoms with E-state index in [9.17, 15) is 9.59 Å². The second kappa shape index (κ2) is 13.2. The lowest BCUT2D eigenvalue weighted by Crippen LogP contribution is -2.29. The smallest absolute Gasteiger partial charge is 0.313 e. The maximum Gasteiger partial charge on any atom is 0.313 e. The number of rotatable bonds is 12. The van der Waals surface area contributed by atoms with Crippen LogP contribution in [-0.2, 0) is 27.3 Å². The zero-order valence-corrected chi connectivity index (χ0v) is 19.9. The van der Waals surface area contributed by atoms with Crippen molar-refractivity contribution in [2.24, 2.45) is 0 Å². The topological polar surface area (TPSA) is 59.5 Å². The number of ketones is 1. The van der Waals surface area contributed by atoms with Crippen LogP contribution in [0.15, 0.2) is 84.7 Å². The summed E-state index contributed by atoms with van der Waals surface area (Å²) in [5, 5.41) is 0. The van der Waals surface area contributed by atoms with Crippen molar-refractivity contribution in [1.82, 2.24) is 9.88 Å². The van der Waals surface area contributed by atoms with Gasteiger partial charge in [0.1, 0.15) is 18.8 Å². The SMILES string of the molecule is CC(=O)CC(=O)OCCN(C/C(C)=C/c1ccc(Cc2cccnc2)cc1)Cc1ccccc1. The van der Waals surface area contributed by atoms with Crippen molar-refractivity contribution in [3.05, 3.63) is 107 Å². The first-order chi connectivity index (χ1) is 16.5. The number of benzene rings is 2. The summed E-state index contributed by atoms with van der Waals surface area (Å²) in [6, 6.07) is 22.9. The molecule has 0 saturated carbocycles. The van der Waals surface area contributed by atoms with Crippen LogP contribution in [0.3, 0.4) is 0 Å². The van der Waals surface area contributed by atoms with Gasteiger partial charge in [0.15, 0.2) is 0 Å². The van der Waals surface area contributed by atoms with Crippen LogP contribution in [0.25, 0.3) is 6.08 Å². The number of Topliss-reactive ketones (excluding diaryl/α,β-unsaturated/α-hetero) is 1. The second-order valence-electron chi connectivity index (χ2n) is 8.57. The second-order valence-corrected chi connectivity index (χ2v) is 8.57. The summed E-state index contributed by atoms with van der Waals surface area (Å²) in [6.07, 6.45) is 6.57. The van der Waals surface area contributed by atoms with Gasteiger partial charge < -0.3 is 4.74 Å². The van der Waals surface area contributed by atoms with Gasteiger partial charge in [0, 0.05) is 32.0 Å². The highest BCUT2D eigenvalue weighted by atomic mass is 16.5. The molecule has 0 unspecified atom stereocenters. The molecule has 2 aromatic carbocycles. The molecule has 1 aromatic heterocycles. The number of esters is 1. The minimum Gasteiger partial charge on any atom is -0.464 e. The van der Waals surface area contributed by atoms with E-state index in [2.05, 4.69) is 65.3 Å². The predicted octanol–water partition coefficient (Wildman–Crippen LogP) is 5.10. The molecule has 1 heterocycles. The number of nitrogens with zero attached hydrogens (tertiary/aromatic N) is 2. The summed E-state index contributed by atoms with van der Waals surface area (Å²) in [4.78, 5) is 29.3. The molecule has 5 heteroatoms.